The van der Waals surface area contributed by atoms with E-state index in [9.17, 15) is 44.3 Å². The first kappa shape index (κ1) is 46.3. The van der Waals surface area contributed by atoms with Gasteiger partial charge in [0.1, 0.15) is 29.9 Å². The average Bonchev–Trinajstić information content (AvgIpc) is 3.24. The second-order valence-electron chi connectivity index (χ2n) is 15.1. The molecule has 318 valence electrons. The number of amides is 3. The summed E-state index contributed by atoms with van der Waals surface area (Å²) in [5.74, 6) is -0.357. The first-order valence-electron chi connectivity index (χ1n) is 20.3. The van der Waals surface area contributed by atoms with Gasteiger partial charge >= 0.3 is 0 Å². The fourth-order valence-corrected chi connectivity index (χ4v) is 7.18. The fourth-order valence-electron chi connectivity index (χ4n) is 7.18. The minimum Gasteiger partial charge on any atom is -0.497 e. The molecule has 3 aromatic carbocycles. The number of rotatable bonds is 26. The van der Waals surface area contributed by atoms with E-state index in [2.05, 4.69) is 10.6 Å². The molecule has 3 aromatic rings. The highest BCUT2D eigenvalue weighted by atomic mass is 19.1. The van der Waals surface area contributed by atoms with Gasteiger partial charge in [-0.1, -0.05) is 74.9 Å². The smallest absolute Gasteiger partial charge is 0.233 e. The average molecular weight is 810 g/mol. The molecule has 0 aromatic heterocycles. The number of carbonyl (C=O) groups is 3. The molecular formula is C44H60FN3O10. The van der Waals surface area contributed by atoms with Crippen molar-refractivity contribution < 1.29 is 54.2 Å². The highest BCUT2D eigenvalue weighted by molar-refractivity contribution is 6.03. The predicted molar refractivity (Wildman–Crippen MR) is 216 cm³/mol. The lowest BCUT2D eigenvalue weighted by Gasteiger charge is -2.48. The lowest BCUT2D eigenvalue weighted by atomic mass is 9.78. The van der Waals surface area contributed by atoms with Gasteiger partial charge in [0.25, 0.3) is 0 Å². The van der Waals surface area contributed by atoms with Crippen LogP contribution in [0.15, 0.2) is 72.8 Å². The summed E-state index contributed by atoms with van der Waals surface area (Å²) in [4.78, 5) is 39.9. The van der Waals surface area contributed by atoms with Crippen molar-refractivity contribution in [2.45, 2.75) is 120 Å². The van der Waals surface area contributed by atoms with E-state index in [1.807, 2.05) is 48.5 Å². The summed E-state index contributed by atoms with van der Waals surface area (Å²) >= 11 is 0. The number of aliphatic hydroxyl groups excluding tert-OH is 6. The largest absolute Gasteiger partial charge is 0.497 e. The van der Waals surface area contributed by atoms with E-state index in [1.165, 1.54) is 12.1 Å². The van der Waals surface area contributed by atoms with Gasteiger partial charge in [-0.15, -0.1) is 0 Å². The zero-order chi connectivity index (χ0) is 42.0. The molecule has 1 aliphatic rings. The van der Waals surface area contributed by atoms with Crippen LogP contribution in [0, 0.1) is 11.7 Å². The van der Waals surface area contributed by atoms with Gasteiger partial charge in [0.05, 0.1) is 37.9 Å². The van der Waals surface area contributed by atoms with E-state index in [1.54, 1.807) is 24.1 Å². The van der Waals surface area contributed by atoms with Gasteiger partial charge in [0, 0.05) is 31.6 Å². The second-order valence-corrected chi connectivity index (χ2v) is 15.1. The number of ether oxygens (including phenoxy) is 1. The maximum Gasteiger partial charge on any atom is 0.233 e. The van der Waals surface area contributed by atoms with Gasteiger partial charge in [-0.2, -0.15) is 0 Å². The molecule has 8 N–H and O–H groups in total. The SMILES string of the molecule is COc1ccc(C2[C@@H](CCC(O)c3ccc(F)cc3)C(=O)N2c2ccc(CNC(=O)CCCCCCCCCCC(=O)NC[C@H](O)[C@@H](O)[C@H](O)[C@H](O)CO)cc2)cc1. The van der Waals surface area contributed by atoms with Crippen molar-refractivity contribution in [2.24, 2.45) is 5.92 Å². The molecule has 0 radical (unpaired) electrons. The molecule has 7 atom stereocenters. The van der Waals surface area contributed by atoms with Crippen LogP contribution in [0.4, 0.5) is 10.1 Å². The zero-order valence-corrected chi connectivity index (χ0v) is 33.2. The van der Waals surface area contributed by atoms with Crippen LogP contribution in [0.25, 0.3) is 0 Å². The molecular weight excluding hydrogens is 749 g/mol. The number of halogens is 1. The van der Waals surface area contributed by atoms with Gasteiger partial charge in [-0.3, -0.25) is 14.4 Å². The van der Waals surface area contributed by atoms with Gasteiger partial charge in [0.2, 0.25) is 17.7 Å². The molecule has 1 saturated heterocycles. The summed E-state index contributed by atoms with van der Waals surface area (Å²) in [6.07, 6.45) is 1.46. The summed E-state index contributed by atoms with van der Waals surface area (Å²) < 4.78 is 18.7. The Bertz CT molecular complexity index is 1700. The Labute approximate surface area is 339 Å². The van der Waals surface area contributed by atoms with Crippen LogP contribution in [0.5, 0.6) is 5.75 Å². The molecule has 3 amide bonds. The van der Waals surface area contributed by atoms with Crippen LogP contribution in [-0.2, 0) is 20.9 Å². The van der Waals surface area contributed by atoms with Crippen molar-refractivity contribution in [3.05, 3.63) is 95.3 Å². The van der Waals surface area contributed by atoms with Gasteiger partial charge in [0.15, 0.2) is 0 Å². The molecule has 1 heterocycles. The number of anilines is 1. The molecule has 58 heavy (non-hydrogen) atoms. The third-order valence-electron chi connectivity index (χ3n) is 10.8. The van der Waals surface area contributed by atoms with Crippen LogP contribution in [0.1, 0.15) is 106 Å². The number of aliphatic hydroxyl groups is 6. The van der Waals surface area contributed by atoms with E-state index in [0.717, 1.165) is 61.8 Å². The summed E-state index contributed by atoms with van der Waals surface area (Å²) in [6.45, 7) is -0.681. The maximum atomic E-state index is 13.6. The van der Waals surface area contributed by atoms with Crippen LogP contribution < -0.4 is 20.3 Å². The van der Waals surface area contributed by atoms with Gasteiger partial charge in [-0.25, -0.2) is 4.39 Å². The minimum absolute atomic E-state index is 0.0218. The molecule has 0 aliphatic carbocycles. The summed E-state index contributed by atoms with van der Waals surface area (Å²) in [5, 5.41) is 63.8. The second kappa shape index (κ2) is 23.8. The topological polar surface area (TPSA) is 209 Å². The monoisotopic (exact) mass is 809 g/mol. The number of hydrogen-bond donors (Lipinski definition) is 8. The molecule has 2 unspecified atom stereocenters. The van der Waals surface area contributed by atoms with Crippen molar-refractivity contribution in [3.63, 3.8) is 0 Å². The van der Waals surface area contributed by atoms with E-state index < -0.39 is 37.1 Å². The van der Waals surface area contributed by atoms with Crippen LogP contribution in [-0.4, -0.2) is 93.0 Å². The summed E-state index contributed by atoms with van der Waals surface area (Å²) in [5.41, 5.74) is 3.21. The Balaban J connectivity index is 1.10. The number of benzene rings is 3. The normalized spacial score (nSPS) is 17.8. The summed E-state index contributed by atoms with van der Waals surface area (Å²) in [6, 6.07) is 20.7. The van der Waals surface area contributed by atoms with E-state index in [0.29, 0.717) is 43.5 Å². The Morgan fingerprint density at radius 2 is 1.29 bits per heavy atom. The molecule has 1 fully saturated rings. The number of hydrogen-bond acceptors (Lipinski definition) is 10. The molecule has 14 heteroatoms. The Kier molecular flexibility index (Phi) is 19.0. The van der Waals surface area contributed by atoms with Crippen molar-refractivity contribution in [1.82, 2.24) is 10.6 Å². The molecule has 1 aliphatic heterocycles. The minimum atomic E-state index is -1.73. The van der Waals surface area contributed by atoms with E-state index >= 15 is 0 Å². The molecule has 0 spiro atoms. The Morgan fingerprint density at radius 3 is 1.86 bits per heavy atom. The van der Waals surface area contributed by atoms with E-state index in [4.69, 9.17) is 9.84 Å². The maximum absolute atomic E-state index is 13.6. The quantitative estimate of drug-likeness (QED) is 0.0430. The first-order valence-corrected chi connectivity index (χ1v) is 20.3. The fraction of sp³-hybridized carbons (Fsp3) is 0.523. The Hall–Kier alpha value is -4.44. The number of nitrogens with one attached hydrogen (secondary N) is 2. The van der Waals surface area contributed by atoms with Crippen molar-refractivity contribution in [1.29, 1.82) is 0 Å². The number of β-lactam (4-membered cyclic amide) rings is 1. The highest BCUT2D eigenvalue weighted by Crippen LogP contribution is 2.46. The van der Waals surface area contributed by atoms with E-state index in [-0.39, 0.29) is 48.5 Å². The Morgan fingerprint density at radius 1 is 0.741 bits per heavy atom. The highest BCUT2D eigenvalue weighted by Gasteiger charge is 2.48. The molecule has 0 saturated carbocycles. The standard InChI is InChI=1S/C44H60FN3O10/c1-58-34-22-16-31(17-23-34)41-35(24-25-36(50)30-14-18-32(45)19-15-30)44(57)48(41)33-20-12-29(13-21-33)26-46-39(53)10-8-6-4-2-3-5-7-9-11-40(54)47-27-37(51)42(55)43(56)38(52)28-49/h12-23,35-38,41-43,49-52,55-56H,2-11,24-28H2,1H3,(H,46,53)(H,47,54)/t35-,36?,37+,38-,41?,42-,43-/m1/s1. The number of unbranched alkanes of at least 4 members (excludes halogenated alkanes) is 7. The molecule has 0 bridgehead atoms. The van der Waals surface area contributed by atoms with Crippen molar-refractivity contribution in [2.75, 3.05) is 25.2 Å². The first-order chi connectivity index (χ1) is 27.9. The zero-order valence-electron chi connectivity index (χ0n) is 33.2. The van der Waals surface area contributed by atoms with Crippen molar-refractivity contribution in [3.8, 4) is 5.75 Å². The molecule has 4 rings (SSSR count). The third kappa shape index (κ3) is 13.8. The molecule has 13 nitrogen and oxygen atoms in total. The predicted octanol–water partition coefficient (Wildman–Crippen LogP) is 4.12. The summed E-state index contributed by atoms with van der Waals surface area (Å²) in [7, 11) is 1.60. The van der Waals surface area contributed by atoms with Gasteiger partial charge in [-0.05, 0) is 78.8 Å². The number of methoxy groups -OCH3 is 1. The van der Waals surface area contributed by atoms with Gasteiger partial charge < -0.3 is 50.9 Å². The third-order valence-corrected chi connectivity index (χ3v) is 10.8. The number of carbonyl (C=O) groups excluding carboxylic acids is 3. The lowest BCUT2D eigenvalue weighted by molar-refractivity contribution is -0.131. The lowest BCUT2D eigenvalue weighted by Crippen LogP contribution is -2.55. The van der Waals surface area contributed by atoms with Crippen LogP contribution >= 0.6 is 0 Å². The number of nitrogens with zero attached hydrogens (tertiary/aromatic N) is 1. The van der Waals surface area contributed by atoms with Crippen LogP contribution in [0.3, 0.4) is 0 Å². The van der Waals surface area contributed by atoms with Crippen LogP contribution in [0.2, 0.25) is 0 Å². The van der Waals surface area contributed by atoms with Crippen molar-refractivity contribution >= 4 is 23.4 Å².